The van der Waals surface area contributed by atoms with Crippen molar-refractivity contribution in [3.8, 4) is 0 Å². The zero-order valence-corrected chi connectivity index (χ0v) is 10.7. The van der Waals surface area contributed by atoms with Crippen LogP contribution in [0, 0.1) is 17.7 Å². The van der Waals surface area contributed by atoms with Crippen LogP contribution in [0.3, 0.4) is 0 Å². The average molecular weight is 268 g/mol. The van der Waals surface area contributed by atoms with Crippen LogP contribution in [-0.4, -0.2) is 11.9 Å². The van der Waals surface area contributed by atoms with Gasteiger partial charge in [-0.25, -0.2) is 4.39 Å². The predicted octanol–water partition coefficient (Wildman–Crippen LogP) is 3.40. The average Bonchev–Trinajstić information content (AvgIpc) is 2.90. The van der Waals surface area contributed by atoms with E-state index in [2.05, 4.69) is 5.32 Å². The number of nitrogens with one attached hydrogen (secondary N) is 1. The number of benzene rings is 1. The van der Waals surface area contributed by atoms with E-state index in [-0.39, 0.29) is 17.5 Å². The van der Waals surface area contributed by atoms with Gasteiger partial charge < -0.3 is 5.32 Å². The minimum atomic E-state index is -0.553. The molecule has 2 nitrogen and oxygen atoms in total. The molecule has 4 heteroatoms. The van der Waals surface area contributed by atoms with Crippen LogP contribution in [0.1, 0.15) is 36.0 Å². The Kier molecular flexibility index (Phi) is 3.02. The fraction of sp³-hybridized carbons (Fsp3) is 0.500. The fourth-order valence-electron chi connectivity index (χ4n) is 3.34. The molecule has 0 aliphatic heterocycles. The van der Waals surface area contributed by atoms with Crippen molar-refractivity contribution in [1.29, 1.82) is 0 Å². The second-order valence-corrected chi connectivity index (χ2v) is 5.82. The maximum absolute atomic E-state index is 13.6. The summed E-state index contributed by atoms with van der Waals surface area (Å²) in [6.07, 6.45) is 4.74. The maximum Gasteiger partial charge on any atom is 0.254 e. The van der Waals surface area contributed by atoms with Crippen molar-refractivity contribution in [3.05, 3.63) is 34.6 Å². The summed E-state index contributed by atoms with van der Waals surface area (Å²) in [5.74, 6) is 0.481. The van der Waals surface area contributed by atoms with E-state index >= 15 is 0 Å². The number of hydrogen-bond donors (Lipinski definition) is 1. The van der Waals surface area contributed by atoms with Gasteiger partial charge in [0, 0.05) is 11.1 Å². The maximum atomic E-state index is 13.6. The summed E-state index contributed by atoms with van der Waals surface area (Å²) >= 11 is 5.67. The normalized spacial score (nSPS) is 29.6. The van der Waals surface area contributed by atoms with Crippen molar-refractivity contribution >= 4 is 17.5 Å². The van der Waals surface area contributed by atoms with Gasteiger partial charge in [-0.3, -0.25) is 4.79 Å². The molecule has 2 aliphatic carbocycles. The zero-order chi connectivity index (χ0) is 12.7. The smallest absolute Gasteiger partial charge is 0.254 e. The number of hydrogen-bond acceptors (Lipinski definition) is 1. The van der Waals surface area contributed by atoms with Crippen LogP contribution in [-0.2, 0) is 0 Å². The van der Waals surface area contributed by atoms with Crippen LogP contribution in [0.5, 0.6) is 0 Å². The molecular weight excluding hydrogens is 253 g/mol. The minimum Gasteiger partial charge on any atom is -0.349 e. The molecule has 2 fully saturated rings. The Balaban J connectivity index is 1.71. The third-order valence-corrected chi connectivity index (χ3v) is 4.47. The molecule has 0 heterocycles. The molecule has 0 saturated heterocycles. The lowest BCUT2D eigenvalue weighted by Crippen LogP contribution is -2.38. The van der Waals surface area contributed by atoms with Crippen LogP contribution in [0.25, 0.3) is 0 Å². The first-order valence-corrected chi connectivity index (χ1v) is 6.77. The van der Waals surface area contributed by atoms with Gasteiger partial charge in [0.1, 0.15) is 5.82 Å². The minimum absolute atomic E-state index is 0.0853. The first kappa shape index (κ1) is 12.0. The van der Waals surface area contributed by atoms with Gasteiger partial charge in [0.15, 0.2) is 0 Å². The van der Waals surface area contributed by atoms with Gasteiger partial charge in [-0.1, -0.05) is 18.0 Å². The molecular formula is C14H15ClFNO. The van der Waals surface area contributed by atoms with Gasteiger partial charge in [0.2, 0.25) is 0 Å². The van der Waals surface area contributed by atoms with Crippen molar-refractivity contribution in [2.75, 3.05) is 0 Å². The van der Waals surface area contributed by atoms with Gasteiger partial charge in [-0.2, -0.15) is 0 Å². The van der Waals surface area contributed by atoms with Crippen LogP contribution in [0.15, 0.2) is 18.2 Å². The third kappa shape index (κ3) is 2.12. The van der Waals surface area contributed by atoms with Crippen molar-refractivity contribution < 1.29 is 9.18 Å². The Bertz CT molecular complexity index is 491. The highest BCUT2D eigenvalue weighted by Crippen LogP contribution is 2.44. The van der Waals surface area contributed by atoms with E-state index in [4.69, 9.17) is 11.6 Å². The molecule has 2 bridgehead atoms. The summed E-state index contributed by atoms with van der Waals surface area (Å²) in [6.45, 7) is 0. The summed E-state index contributed by atoms with van der Waals surface area (Å²) in [4.78, 5) is 12.0. The predicted molar refractivity (Wildman–Crippen MR) is 68.1 cm³/mol. The van der Waals surface area contributed by atoms with Gasteiger partial charge in [-0.15, -0.1) is 0 Å². The van der Waals surface area contributed by atoms with Crippen LogP contribution >= 0.6 is 11.6 Å². The fourth-order valence-corrected chi connectivity index (χ4v) is 3.50. The van der Waals surface area contributed by atoms with E-state index in [1.165, 1.54) is 31.4 Å². The summed E-state index contributed by atoms with van der Waals surface area (Å²) in [5.41, 5.74) is 0.0853. The Morgan fingerprint density at radius 2 is 2.17 bits per heavy atom. The molecule has 1 N–H and O–H groups in total. The molecule has 2 saturated carbocycles. The second kappa shape index (κ2) is 4.54. The first-order valence-electron chi connectivity index (χ1n) is 6.39. The van der Waals surface area contributed by atoms with Crippen LogP contribution in [0.2, 0.25) is 5.02 Å². The van der Waals surface area contributed by atoms with E-state index in [1.54, 1.807) is 6.07 Å². The van der Waals surface area contributed by atoms with E-state index in [1.807, 2.05) is 0 Å². The highest BCUT2D eigenvalue weighted by molar-refractivity contribution is 6.30. The topological polar surface area (TPSA) is 29.1 Å². The lowest BCUT2D eigenvalue weighted by atomic mass is 9.95. The van der Waals surface area contributed by atoms with Gasteiger partial charge in [-0.05, 0) is 49.3 Å². The molecule has 1 aromatic rings. The van der Waals surface area contributed by atoms with E-state index in [0.29, 0.717) is 10.9 Å². The van der Waals surface area contributed by atoms with Gasteiger partial charge in [0.25, 0.3) is 5.91 Å². The first-order chi connectivity index (χ1) is 8.63. The van der Waals surface area contributed by atoms with Gasteiger partial charge in [0.05, 0.1) is 5.56 Å². The number of rotatable bonds is 2. The van der Waals surface area contributed by atoms with Crippen molar-refractivity contribution in [2.24, 2.45) is 11.8 Å². The van der Waals surface area contributed by atoms with Crippen molar-refractivity contribution in [1.82, 2.24) is 5.32 Å². The van der Waals surface area contributed by atoms with Crippen molar-refractivity contribution in [3.63, 3.8) is 0 Å². The largest absolute Gasteiger partial charge is 0.349 e. The quantitative estimate of drug-likeness (QED) is 0.874. The van der Waals surface area contributed by atoms with Crippen LogP contribution < -0.4 is 5.32 Å². The zero-order valence-electron chi connectivity index (χ0n) is 9.96. The molecule has 1 aromatic carbocycles. The van der Waals surface area contributed by atoms with Gasteiger partial charge >= 0.3 is 0 Å². The second-order valence-electron chi connectivity index (χ2n) is 5.38. The molecule has 3 rings (SSSR count). The number of amides is 1. The molecule has 0 aromatic heterocycles. The Hall–Kier alpha value is -1.09. The summed E-state index contributed by atoms with van der Waals surface area (Å²) in [6, 6.07) is 4.39. The summed E-state index contributed by atoms with van der Waals surface area (Å²) < 4.78 is 13.6. The molecule has 1 amide bonds. The lowest BCUT2D eigenvalue weighted by Gasteiger charge is -2.23. The van der Waals surface area contributed by atoms with Crippen molar-refractivity contribution in [2.45, 2.75) is 31.7 Å². The number of carbonyl (C=O) groups excluding carboxylic acids is 1. The Morgan fingerprint density at radius 1 is 1.33 bits per heavy atom. The monoisotopic (exact) mass is 267 g/mol. The molecule has 0 unspecified atom stereocenters. The summed E-state index contributed by atoms with van der Waals surface area (Å²) in [5, 5.41) is 3.27. The number of carbonyl (C=O) groups is 1. The molecule has 0 spiro atoms. The molecule has 3 atom stereocenters. The molecule has 2 aliphatic rings. The lowest BCUT2D eigenvalue weighted by molar-refractivity contribution is 0.0919. The third-order valence-electron chi connectivity index (χ3n) is 4.23. The standard InChI is InChI=1S/C14H15ClFNO/c15-10-3-4-11(12(16)7-10)14(18)17-13-6-8-1-2-9(13)5-8/h3-4,7-9,13H,1-2,5-6H2,(H,17,18)/t8-,9-,13+/m0/s1. The Morgan fingerprint density at radius 3 is 2.78 bits per heavy atom. The SMILES string of the molecule is O=C(N[C@@H]1C[C@H]2CC[C@H]1C2)c1ccc(Cl)cc1F. The molecule has 0 radical (unpaired) electrons. The van der Waals surface area contributed by atoms with Crippen LogP contribution in [0.4, 0.5) is 4.39 Å². The molecule has 18 heavy (non-hydrogen) atoms. The van der Waals surface area contributed by atoms with E-state index in [9.17, 15) is 9.18 Å². The summed E-state index contributed by atoms with van der Waals surface area (Å²) in [7, 11) is 0. The number of fused-ring (bicyclic) bond motifs is 2. The Labute approximate surface area is 111 Å². The number of halogens is 2. The highest BCUT2D eigenvalue weighted by Gasteiger charge is 2.40. The van der Waals surface area contributed by atoms with E-state index < -0.39 is 5.82 Å². The van der Waals surface area contributed by atoms with E-state index in [0.717, 1.165) is 12.3 Å². The molecule has 96 valence electrons. The highest BCUT2D eigenvalue weighted by atomic mass is 35.5.